The van der Waals surface area contributed by atoms with E-state index in [1.54, 1.807) is 0 Å². The summed E-state index contributed by atoms with van der Waals surface area (Å²) in [6, 6.07) is 1.54. The second kappa shape index (κ2) is 6.50. The van der Waals surface area contributed by atoms with Gasteiger partial charge < -0.3 is 15.5 Å². The molecule has 0 saturated heterocycles. The summed E-state index contributed by atoms with van der Waals surface area (Å²) in [6.07, 6.45) is 1.07. The molecule has 0 saturated carbocycles. The molecule has 0 aliphatic heterocycles. The summed E-state index contributed by atoms with van der Waals surface area (Å²) >= 11 is 4.82. The maximum atomic E-state index is 11.4. The third kappa shape index (κ3) is 4.07. The Balaban J connectivity index is 2.89. The van der Waals surface area contributed by atoms with Crippen LogP contribution in [0.4, 0.5) is 5.69 Å². The Bertz CT molecular complexity index is 533. The molecule has 1 aromatic carbocycles. The van der Waals surface area contributed by atoms with Crippen LogP contribution in [-0.4, -0.2) is 22.8 Å². The molecule has 9 heteroatoms. The van der Waals surface area contributed by atoms with E-state index in [4.69, 9.17) is 12.2 Å². The molecule has 0 radical (unpaired) electrons. The van der Waals surface area contributed by atoms with Crippen molar-refractivity contribution in [2.24, 2.45) is 5.10 Å². The number of benzene rings is 1. The van der Waals surface area contributed by atoms with Crippen LogP contribution in [0, 0.1) is 10.1 Å². The highest BCUT2D eigenvalue weighted by Gasteiger charge is 2.08. The number of nitro groups is 1. The van der Waals surface area contributed by atoms with E-state index in [0.29, 0.717) is 12.6 Å². The molecule has 2 N–H and O–H groups in total. The maximum absolute atomic E-state index is 11.4. The van der Waals surface area contributed by atoms with Gasteiger partial charge in [-0.25, -0.2) is 0 Å². The molecular formula is C10H10N4O4S-2. The number of nitrogens with zero attached hydrogens (tertiary/aromatic N) is 2. The second-order valence-electron chi connectivity index (χ2n) is 3.34. The Morgan fingerprint density at radius 3 is 2.74 bits per heavy atom. The molecule has 102 valence electrons. The molecule has 0 unspecified atom stereocenters. The van der Waals surface area contributed by atoms with E-state index in [9.17, 15) is 20.3 Å². The minimum absolute atomic E-state index is 0.0712. The van der Waals surface area contributed by atoms with Crippen molar-refractivity contribution >= 4 is 29.2 Å². The molecule has 0 aliphatic carbocycles. The Kier molecular flexibility index (Phi) is 5.01. The van der Waals surface area contributed by atoms with E-state index in [0.717, 1.165) is 12.3 Å². The van der Waals surface area contributed by atoms with Gasteiger partial charge in [-0.1, -0.05) is 6.07 Å². The van der Waals surface area contributed by atoms with Crippen LogP contribution in [0.5, 0.6) is 11.5 Å². The Morgan fingerprint density at radius 1 is 1.47 bits per heavy atom. The second-order valence-corrected chi connectivity index (χ2v) is 3.75. The highest BCUT2D eigenvalue weighted by molar-refractivity contribution is 7.80. The molecule has 0 heterocycles. The fourth-order valence-corrected chi connectivity index (χ4v) is 1.37. The van der Waals surface area contributed by atoms with Crippen LogP contribution in [0.3, 0.4) is 0 Å². The molecular weight excluding hydrogens is 272 g/mol. The summed E-state index contributed by atoms with van der Waals surface area (Å²) in [7, 11) is 0. The SMILES string of the molecule is CCNC(=S)N/N=C/c1cc([N+](=O)[O-])c([O-])cc1[O-]. The van der Waals surface area contributed by atoms with Crippen LogP contribution < -0.4 is 21.0 Å². The minimum atomic E-state index is -0.928. The zero-order chi connectivity index (χ0) is 14.4. The molecule has 19 heavy (non-hydrogen) atoms. The van der Waals surface area contributed by atoms with Crippen LogP contribution in [0.1, 0.15) is 12.5 Å². The lowest BCUT2D eigenvalue weighted by Gasteiger charge is -2.15. The summed E-state index contributed by atoms with van der Waals surface area (Å²) in [5, 5.41) is 39.8. The Morgan fingerprint density at radius 2 is 2.16 bits per heavy atom. The van der Waals surface area contributed by atoms with Crippen molar-refractivity contribution in [3.63, 3.8) is 0 Å². The molecule has 0 bridgehead atoms. The number of nitrogens with one attached hydrogen (secondary N) is 2. The van der Waals surface area contributed by atoms with Gasteiger partial charge in [0.1, 0.15) is 0 Å². The predicted molar refractivity (Wildman–Crippen MR) is 69.0 cm³/mol. The van der Waals surface area contributed by atoms with Crippen molar-refractivity contribution in [2.75, 3.05) is 6.54 Å². The van der Waals surface area contributed by atoms with Crippen LogP contribution in [-0.2, 0) is 0 Å². The number of rotatable bonds is 4. The molecule has 0 atom stereocenters. The van der Waals surface area contributed by atoms with Crippen molar-refractivity contribution < 1.29 is 15.1 Å². The van der Waals surface area contributed by atoms with Crippen LogP contribution >= 0.6 is 12.2 Å². The standard InChI is InChI=1S/C10H12N4O4S/c1-2-11-10(19)13-12-5-6-3-7(14(17)18)9(16)4-8(6)15/h3-5,15-16H,2H2,1H3,(H2,11,13,19)/p-2/b12-5+. The topological polar surface area (TPSA) is 126 Å². The number of nitro benzene ring substituents is 1. The molecule has 8 nitrogen and oxygen atoms in total. The van der Waals surface area contributed by atoms with E-state index in [1.165, 1.54) is 0 Å². The number of thiocarbonyl (C=S) groups is 1. The highest BCUT2D eigenvalue weighted by Crippen LogP contribution is 2.28. The summed E-state index contributed by atoms with van der Waals surface area (Å²) in [5.41, 5.74) is 1.68. The fourth-order valence-electron chi connectivity index (χ4n) is 1.17. The fraction of sp³-hybridized carbons (Fsp3) is 0.200. The van der Waals surface area contributed by atoms with E-state index in [-0.39, 0.29) is 10.7 Å². The summed E-state index contributed by atoms with van der Waals surface area (Å²) < 4.78 is 0. The molecule has 0 aliphatic rings. The molecule has 1 aromatic rings. The van der Waals surface area contributed by atoms with Gasteiger partial charge in [-0.15, -0.1) is 5.75 Å². The van der Waals surface area contributed by atoms with Crippen molar-refractivity contribution in [2.45, 2.75) is 6.92 Å². The summed E-state index contributed by atoms with van der Waals surface area (Å²) in [6.45, 7) is 2.44. The monoisotopic (exact) mass is 282 g/mol. The Labute approximate surface area is 113 Å². The Hall–Kier alpha value is -2.42. The first-order valence-electron chi connectivity index (χ1n) is 5.19. The smallest absolute Gasteiger partial charge is 0.262 e. The van der Waals surface area contributed by atoms with Gasteiger partial charge in [0, 0.05) is 12.6 Å². The van der Waals surface area contributed by atoms with Gasteiger partial charge in [0.05, 0.1) is 11.1 Å². The maximum Gasteiger partial charge on any atom is 0.262 e. The normalized spacial score (nSPS) is 10.4. The van der Waals surface area contributed by atoms with E-state index in [2.05, 4.69) is 15.8 Å². The molecule has 0 fully saturated rings. The van der Waals surface area contributed by atoms with Gasteiger partial charge in [0.25, 0.3) is 5.69 Å². The summed E-state index contributed by atoms with van der Waals surface area (Å²) in [4.78, 5) is 9.71. The van der Waals surface area contributed by atoms with Crippen LogP contribution in [0.2, 0.25) is 0 Å². The number of hydrogen-bond donors (Lipinski definition) is 2. The predicted octanol–water partition coefficient (Wildman–Crippen LogP) is -0.440. The van der Waals surface area contributed by atoms with E-state index < -0.39 is 22.1 Å². The van der Waals surface area contributed by atoms with Crippen molar-refractivity contribution in [1.82, 2.24) is 10.7 Å². The lowest BCUT2D eigenvalue weighted by atomic mass is 10.2. The van der Waals surface area contributed by atoms with Crippen molar-refractivity contribution in [3.05, 3.63) is 27.8 Å². The van der Waals surface area contributed by atoms with Gasteiger partial charge in [0.2, 0.25) is 0 Å². The molecule has 1 rings (SSSR count). The lowest BCUT2D eigenvalue weighted by molar-refractivity contribution is -0.398. The molecule has 0 aromatic heterocycles. The van der Waals surface area contributed by atoms with Gasteiger partial charge in [-0.2, -0.15) is 5.10 Å². The highest BCUT2D eigenvalue weighted by atomic mass is 32.1. The zero-order valence-electron chi connectivity index (χ0n) is 9.87. The number of hydrazone groups is 1. The molecule has 0 spiro atoms. The van der Waals surface area contributed by atoms with Crippen LogP contribution in [0.15, 0.2) is 17.2 Å². The first-order chi connectivity index (χ1) is 8.95. The molecule has 0 amide bonds. The minimum Gasteiger partial charge on any atom is -0.872 e. The van der Waals surface area contributed by atoms with Gasteiger partial charge >= 0.3 is 0 Å². The van der Waals surface area contributed by atoms with Gasteiger partial charge in [-0.05, 0) is 30.5 Å². The average molecular weight is 282 g/mol. The summed E-state index contributed by atoms with van der Waals surface area (Å²) in [5.74, 6) is -1.57. The third-order valence-electron chi connectivity index (χ3n) is 2.00. The first-order valence-corrected chi connectivity index (χ1v) is 5.60. The number of hydrogen-bond acceptors (Lipinski definition) is 6. The van der Waals surface area contributed by atoms with Gasteiger partial charge in [0.15, 0.2) is 5.11 Å². The van der Waals surface area contributed by atoms with Crippen molar-refractivity contribution in [3.8, 4) is 11.5 Å². The lowest BCUT2D eigenvalue weighted by Crippen LogP contribution is -2.31. The average Bonchev–Trinajstić information content (AvgIpc) is 2.31. The van der Waals surface area contributed by atoms with Crippen LogP contribution in [0.25, 0.3) is 0 Å². The van der Waals surface area contributed by atoms with E-state index >= 15 is 0 Å². The first kappa shape index (κ1) is 14.6. The van der Waals surface area contributed by atoms with Crippen molar-refractivity contribution in [1.29, 1.82) is 0 Å². The van der Waals surface area contributed by atoms with Gasteiger partial charge in [-0.3, -0.25) is 15.5 Å². The third-order valence-corrected chi connectivity index (χ3v) is 2.23. The quantitative estimate of drug-likeness (QED) is 0.332. The van der Waals surface area contributed by atoms with E-state index in [1.807, 2.05) is 6.92 Å². The zero-order valence-corrected chi connectivity index (χ0v) is 10.7. The largest absolute Gasteiger partial charge is 0.872 e.